The van der Waals surface area contributed by atoms with Crippen LogP contribution < -0.4 is 0 Å². The largest absolute Gasteiger partial charge is 0.384 e. The summed E-state index contributed by atoms with van der Waals surface area (Å²) in [7, 11) is 1.72. The van der Waals surface area contributed by atoms with Gasteiger partial charge in [0, 0.05) is 24.5 Å². The highest BCUT2D eigenvalue weighted by atomic mass is 32.2. The summed E-state index contributed by atoms with van der Waals surface area (Å²) in [5, 5.41) is 0. The van der Waals surface area contributed by atoms with E-state index >= 15 is 0 Å². The molecule has 1 nitrogen and oxygen atoms in total. The molecule has 1 aliphatic heterocycles. The predicted molar refractivity (Wildman–Crippen MR) is 94.8 cm³/mol. The van der Waals surface area contributed by atoms with Crippen LogP contribution in [0.5, 0.6) is 0 Å². The van der Waals surface area contributed by atoms with Crippen molar-refractivity contribution in [3.63, 3.8) is 0 Å². The molecule has 0 bridgehead atoms. The zero-order valence-electron chi connectivity index (χ0n) is 13.1. The fourth-order valence-electron chi connectivity index (χ4n) is 2.62. The van der Waals surface area contributed by atoms with Crippen molar-refractivity contribution in [1.82, 2.24) is 0 Å². The van der Waals surface area contributed by atoms with Crippen LogP contribution in [-0.2, 0) is 4.74 Å². The first-order valence-electron chi connectivity index (χ1n) is 7.55. The summed E-state index contributed by atoms with van der Waals surface area (Å²) < 4.78 is 45.3. The van der Waals surface area contributed by atoms with Gasteiger partial charge in [-0.25, -0.2) is 13.2 Å². The number of halogens is 3. The highest BCUT2D eigenvalue weighted by Gasteiger charge is 2.23. The molecule has 1 fully saturated rings. The Bertz CT molecular complexity index is 675. The van der Waals surface area contributed by atoms with Gasteiger partial charge < -0.3 is 4.74 Å². The lowest BCUT2D eigenvalue weighted by atomic mass is 10.0. The summed E-state index contributed by atoms with van der Waals surface area (Å²) in [6, 6.07) is 9.62. The Kier molecular flexibility index (Phi) is 5.79. The zero-order chi connectivity index (χ0) is 17.1. The number of hydrogen-bond donors (Lipinski definition) is 0. The van der Waals surface area contributed by atoms with Gasteiger partial charge in [-0.1, -0.05) is 24.3 Å². The highest BCUT2D eigenvalue weighted by Crippen LogP contribution is 2.45. The minimum absolute atomic E-state index is 0.335. The smallest absolute Gasteiger partial charge is 0.194 e. The van der Waals surface area contributed by atoms with Gasteiger partial charge in [0.2, 0.25) is 0 Å². The first-order valence-corrected chi connectivity index (χ1v) is 9.65. The van der Waals surface area contributed by atoms with Gasteiger partial charge in [-0.05, 0) is 28.8 Å². The molecular weight excluding hydrogens is 353 g/mol. The van der Waals surface area contributed by atoms with E-state index < -0.39 is 17.5 Å². The summed E-state index contributed by atoms with van der Waals surface area (Å²) in [4.78, 5) is 0. The van der Waals surface area contributed by atoms with Gasteiger partial charge in [0.1, 0.15) is 0 Å². The summed E-state index contributed by atoms with van der Waals surface area (Å²) in [5.41, 5.74) is 2.18. The molecule has 2 aromatic carbocycles. The molecule has 1 heterocycles. The van der Waals surface area contributed by atoms with Crippen LogP contribution in [-0.4, -0.2) is 25.2 Å². The Balaban J connectivity index is 1.72. The molecule has 0 saturated carbocycles. The summed E-state index contributed by atoms with van der Waals surface area (Å²) in [6.07, 6.45) is 0. The molecule has 0 aliphatic carbocycles. The van der Waals surface area contributed by atoms with E-state index in [2.05, 4.69) is 0 Å². The molecule has 0 N–H and O–H groups in total. The molecular formula is C18H17F3OS2. The van der Waals surface area contributed by atoms with E-state index in [0.717, 1.165) is 30.2 Å². The Labute approximate surface area is 148 Å². The van der Waals surface area contributed by atoms with Crippen LogP contribution in [0.25, 0.3) is 11.1 Å². The Hall–Kier alpha value is -1.11. The van der Waals surface area contributed by atoms with Gasteiger partial charge in [0.15, 0.2) is 17.5 Å². The molecule has 2 aromatic rings. The third-order valence-electron chi connectivity index (χ3n) is 3.87. The van der Waals surface area contributed by atoms with Crippen LogP contribution in [0.2, 0.25) is 0 Å². The van der Waals surface area contributed by atoms with Crippen molar-refractivity contribution in [3.05, 3.63) is 59.4 Å². The van der Waals surface area contributed by atoms with Crippen molar-refractivity contribution in [2.24, 2.45) is 5.92 Å². The lowest BCUT2D eigenvalue weighted by molar-refractivity contribution is 0.169. The molecule has 3 rings (SSSR count). The quantitative estimate of drug-likeness (QED) is 0.657. The second kappa shape index (κ2) is 7.85. The number of hydrogen-bond acceptors (Lipinski definition) is 3. The highest BCUT2D eigenvalue weighted by molar-refractivity contribution is 8.16. The maximum atomic E-state index is 13.4. The summed E-state index contributed by atoms with van der Waals surface area (Å²) >= 11 is 3.77. The van der Waals surface area contributed by atoms with Gasteiger partial charge >= 0.3 is 0 Å². The normalized spacial score (nSPS) is 21.0. The van der Waals surface area contributed by atoms with Gasteiger partial charge in [0.05, 0.1) is 11.2 Å². The first-order chi connectivity index (χ1) is 11.6. The topological polar surface area (TPSA) is 9.23 Å². The van der Waals surface area contributed by atoms with E-state index in [9.17, 15) is 13.2 Å². The van der Waals surface area contributed by atoms with Gasteiger partial charge in [0.25, 0.3) is 0 Å². The molecule has 0 radical (unpaired) electrons. The van der Waals surface area contributed by atoms with E-state index in [0.29, 0.717) is 21.6 Å². The van der Waals surface area contributed by atoms with E-state index in [-0.39, 0.29) is 0 Å². The predicted octanol–water partition coefficient (Wildman–Crippen LogP) is 5.51. The molecule has 0 amide bonds. The molecule has 6 heteroatoms. The minimum atomic E-state index is -1.43. The summed E-state index contributed by atoms with van der Waals surface area (Å²) in [5.74, 6) is -1.08. The second-order valence-corrected chi connectivity index (χ2v) is 8.27. The lowest BCUT2D eigenvalue weighted by Gasteiger charge is -2.27. The monoisotopic (exact) mass is 370 g/mol. The van der Waals surface area contributed by atoms with Crippen molar-refractivity contribution >= 4 is 23.5 Å². The Morgan fingerprint density at radius 2 is 1.54 bits per heavy atom. The first kappa shape index (κ1) is 17.7. The molecule has 0 spiro atoms. The van der Waals surface area contributed by atoms with E-state index in [1.165, 1.54) is 5.56 Å². The number of methoxy groups -OCH3 is 1. The second-order valence-electron chi connectivity index (χ2n) is 5.70. The standard InChI is InChI=1S/C18H17F3OS2/c1-22-8-11-9-23-18(24-10-11)13-4-2-12(3-5-13)14-6-15(19)17(21)16(20)7-14/h2-7,11,18H,8-10H2,1H3. The molecule has 0 aromatic heterocycles. The van der Waals surface area contributed by atoms with Crippen LogP contribution >= 0.6 is 23.5 Å². The summed E-state index contributed by atoms with van der Waals surface area (Å²) in [6.45, 7) is 0.785. The third-order valence-corrected chi connectivity index (χ3v) is 7.16. The number of benzene rings is 2. The lowest BCUT2D eigenvalue weighted by Crippen LogP contribution is -2.18. The average Bonchev–Trinajstić information content (AvgIpc) is 2.60. The van der Waals surface area contributed by atoms with E-state index in [1.807, 2.05) is 47.8 Å². The number of rotatable bonds is 4. The fourth-order valence-corrected chi connectivity index (χ4v) is 5.65. The Morgan fingerprint density at radius 1 is 0.958 bits per heavy atom. The van der Waals surface area contributed by atoms with Crippen molar-refractivity contribution in [3.8, 4) is 11.1 Å². The molecule has 128 valence electrons. The van der Waals surface area contributed by atoms with Gasteiger partial charge in [-0.2, -0.15) is 0 Å². The molecule has 0 unspecified atom stereocenters. The van der Waals surface area contributed by atoms with Crippen LogP contribution in [0, 0.1) is 23.4 Å². The average molecular weight is 370 g/mol. The van der Waals surface area contributed by atoms with Crippen molar-refractivity contribution in [1.29, 1.82) is 0 Å². The fraction of sp³-hybridized carbons (Fsp3) is 0.333. The van der Waals surface area contributed by atoms with E-state index in [4.69, 9.17) is 4.74 Å². The van der Waals surface area contributed by atoms with Crippen molar-refractivity contribution in [2.75, 3.05) is 25.2 Å². The van der Waals surface area contributed by atoms with Gasteiger partial charge in [-0.3, -0.25) is 0 Å². The number of ether oxygens (including phenoxy) is 1. The zero-order valence-corrected chi connectivity index (χ0v) is 14.7. The van der Waals surface area contributed by atoms with Crippen molar-refractivity contribution in [2.45, 2.75) is 4.58 Å². The van der Waals surface area contributed by atoms with E-state index in [1.54, 1.807) is 7.11 Å². The molecule has 1 saturated heterocycles. The molecule has 24 heavy (non-hydrogen) atoms. The van der Waals surface area contributed by atoms with Crippen LogP contribution in [0.4, 0.5) is 13.2 Å². The maximum absolute atomic E-state index is 13.4. The molecule has 0 atom stereocenters. The SMILES string of the molecule is COCC1CSC(c2ccc(-c3cc(F)c(F)c(F)c3)cc2)SC1. The maximum Gasteiger partial charge on any atom is 0.194 e. The number of thioether (sulfide) groups is 2. The van der Waals surface area contributed by atoms with Crippen LogP contribution in [0.1, 0.15) is 10.1 Å². The van der Waals surface area contributed by atoms with Crippen molar-refractivity contribution < 1.29 is 17.9 Å². The van der Waals surface area contributed by atoms with Gasteiger partial charge in [-0.15, -0.1) is 23.5 Å². The minimum Gasteiger partial charge on any atom is -0.384 e. The Morgan fingerprint density at radius 3 is 2.08 bits per heavy atom. The third kappa shape index (κ3) is 3.92. The van der Waals surface area contributed by atoms with Crippen LogP contribution in [0.3, 0.4) is 0 Å². The molecule has 1 aliphatic rings. The van der Waals surface area contributed by atoms with Crippen LogP contribution in [0.15, 0.2) is 36.4 Å².